The summed E-state index contributed by atoms with van der Waals surface area (Å²) in [6.45, 7) is 3.28. The molecule has 0 bridgehead atoms. The lowest BCUT2D eigenvalue weighted by molar-refractivity contribution is -0.127. The van der Waals surface area contributed by atoms with Gasteiger partial charge in [-0.05, 0) is 23.1 Å². The molecule has 0 N–H and O–H groups in total. The van der Waals surface area contributed by atoms with Gasteiger partial charge in [-0.15, -0.1) is 0 Å². The van der Waals surface area contributed by atoms with E-state index in [1.165, 1.54) is 0 Å². The molecule has 3 aromatic rings. The monoisotopic (exact) mass is 364 g/mol. The first-order chi connectivity index (χ1) is 13.1. The van der Waals surface area contributed by atoms with E-state index in [0.29, 0.717) is 13.0 Å². The second-order valence-electron chi connectivity index (χ2n) is 7.23. The molecule has 0 unspecified atom stereocenters. The number of nitrogens with zero attached hydrogens (tertiary/aromatic N) is 4. The van der Waals surface area contributed by atoms with Crippen LogP contribution in [0.25, 0.3) is 21.9 Å². The zero-order valence-corrected chi connectivity index (χ0v) is 15.8. The number of hydrogen-bond acceptors (Lipinski definition) is 5. The Hall–Kier alpha value is -2.57. The Morgan fingerprint density at radius 3 is 2.78 bits per heavy atom. The van der Waals surface area contributed by atoms with Gasteiger partial charge < -0.3 is 4.74 Å². The van der Waals surface area contributed by atoms with Crippen molar-refractivity contribution >= 4 is 16.6 Å². The summed E-state index contributed by atoms with van der Waals surface area (Å²) < 4.78 is 6.88. The minimum absolute atomic E-state index is 0.126. The molecule has 0 saturated carbocycles. The number of aryl methyl sites for hydroxylation is 1. The van der Waals surface area contributed by atoms with Crippen molar-refractivity contribution in [3.63, 3.8) is 0 Å². The molecule has 140 valence electrons. The average Bonchev–Trinajstić information content (AvgIpc) is 3.06. The normalized spacial score (nSPS) is 15.2. The summed E-state index contributed by atoms with van der Waals surface area (Å²) in [7, 11) is 3.61. The van der Waals surface area contributed by atoms with Gasteiger partial charge in [0.2, 0.25) is 0 Å². The highest BCUT2D eigenvalue weighted by Gasteiger charge is 2.31. The number of hydrogen-bond donors (Lipinski definition) is 0. The van der Waals surface area contributed by atoms with E-state index in [4.69, 9.17) is 4.74 Å². The van der Waals surface area contributed by atoms with Crippen molar-refractivity contribution < 1.29 is 9.53 Å². The van der Waals surface area contributed by atoms with Gasteiger partial charge in [0, 0.05) is 75.2 Å². The molecule has 0 radical (unpaired) electrons. The molecule has 4 rings (SSSR count). The van der Waals surface area contributed by atoms with E-state index in [9.17, 15) is 4.79 Å². The van der Waals surface area contributed by atoms with E-state index in [2.05, 4.69) is 33.2 Å². The molecule has 6 nitrogen and oxygen atoms in total. The highest BCUT2D eigenvalue weighted by atomic mass is 16.5. The number of benzene rings is 1. The summed E-state index contributed by atoms with van der Waals surface area (Å²) in [4.78, 5) is 19.3. The molecule has 1 saturated heterocycles. The van der Waals surface area contributed by atoms with Gasteiger partial charge in [0.25, 0.3) is 0 Å². The third-order valence-electron chi connectivity index (χ3n) is 5.20. The van der Waals surface area contributed by atoms with Crippen LogP contribution in [0.2, 0.25) is 0 Å². The molecule has 6 heteroatoms. The van der Waals surface area contributed by atoms with Crippen molar-refractivity contribution in [2.45, 2.75) is 6.42 Å². The van der Waals surface area contributed by atoms with Gasteiger partial charge in [-0.25, -0.2) is 0 Å². The molecular weight excluding hydrogens is 340 g/mol. The number of aromatic nitrogens is 3. The summed E-state index contributed by atoms with van der Waals surface area (Å²) >= 11 is 0. The number of ketones is 1. The largest absolute Gasteiger partial charge is 0.383 e. The average molecular weight is 364 g/mol. The second-order valence-corrected chi connectivity index (χ2v) is 7.23. The minimum atomic E-state index is 0.126. The smallest absolute Gasteiger partial charge is 0.144 e. The number of rotatable bonds is 7. The fourth-order valence-corrected chi connectivity index (χ4v) is 3.53. The summed E-state index contributed by atoms with van der Waals surface area (Å²) in [6, 6.07) is 8.32. The van der Waals surface area contributed by atoms with Crippen LogP contribution < -0.4 is 0 Å². The van der Waals surface area contributed by atoms with Gasteiger partial charge in [0.05, 0.1) is 12.8 Å². The lowest BCUT2D eigenvalue weighted by Gasteiger charge is -2.38. The summed E-state index contributed by atoms with van der Waals surface area (Å²) in [5.74, 6) is 0.403. The number of carbonyl (C=O) groups excluding carboxylic acids is 1. The number of Topliss-reactive ketones (excluding diaryl/α,β-unsaturated/α-hetero) is 1. The number of fused-ring (bicyclic) bond motifs is 1. The Morgan fingerprint density at radius 2 is 2.04 bits per heavy atom. The molecule has 3 heterocycles. The Bertz CT molecular complexity index is 960. The van der Waals surface area contributed by atoms with E-state index >= 15 is 0 Å². The van der Waals surface area contributed by atoms with Crippen molar-refractivity contribution in [2.75, 3.05) is 33.4 Å². The lowest BCUT2D eigenvalue weighted by atomic mass is 9.92. The van der Waals surface area contributed by atoms with Crippen LogP contribution in [0.3, 0.4) is 0 Å². The second kappa shape index (κ2) is 7.58. The highest BCUT2D eigenvalue weighted by molar-refractivity contribution is 5.89. The van der Waals surface area contributed by atoms with Crippen molar-refractivity contribution in [1.82, 2.24) is 19.7 Å². The van der Waals surface area contributed by atoms with Gasteiger partial charge in [-0.2, -0.15) is 5.10 Å². The fourth-order valence-electron chi connectivity index (χ4n) is 3.53. The van der Waals surface area contributed by atoms with E-state index < -0.39 is 0 Å². The molecule has 2 aromatic heterocycles. The maximum absolute atomic E-state index is 12.5. The maximum Gasteiger partial charge on any atom is 0.144 e. The van der Waals surface area contributed by atoms with Crippen LogP contribution in [0.1, 0.15) is 5.69 Å². The quantitative estimate of drug-likeness (QED) is 0.644. The van der Waals surface area contributed by atoms with Crippen molar-refractivity contribution in [2.24, 2.45) is 13.0 Å². The van der Waals surface area contributed by atoms with Crippen LogP contribution in [0.5, 0.6) is 0 Å². The van der Waals surface area contributed by atoms with Crippen LogP contribution in [0, 0.1) is 5.92 Å². The van der Waals surface area contributed by atoms with Crippen LogP contribution in [0.4, 0.5) is 0 Å². The van der Waals surface area contributed by atoms with Gasteiger partial charge >= 0.3 is 0 Å². The predicted molar refractivity (Wildman–Crippen MR) is 104 cm³/mol. The lowest BCUT2D eigenvalue weighted by Crippen LogP contribution is -2.51. The highest BCUT2D eigenvalue weighted by Crippen LogP contribution is 2.25. The number of pyridine rings is 1. The van der Waals surface area contributed by atoms with Crippen molar-refractivity contribution in [3.8, 4) is 11.1 Å². The predicted octanol–water partition coefficient (Wildman–Crippen LogP) is 2.33. The first-order valence-electron chi connectivity index (χ1n) is 9.24. The molecule has 27 heavy (non-hydrogen) atoms. The number of likely N-dealkylation sites (tertiary alicyclic amines) is 1. The number of methoxy groups -OCH3 is 1. The van der Waals surface area contributed by atoms with Crippen molar-refractivity contribution in [1.29, 1.82) is 0 Å². The minimum Gasteiger partial charge on any atom is -0.383 e. The zero-order valence-electron chi connectivity index (χ0n) is 15.8. The Balaban J connectivity index is 1.45. The maximum atomic E-state index is 12.5. The van der Waals surface area contributed by atoms with Gasteiger partial charge in [-0.3, -0.25) is 19.4 Å². The van der Waals surface area contributed by atoms with E-state index in [0.717, 1.165) is 47.2 Å². The fraction of sp³-hybridized carbons (Fsp3) is 0.381. The van der Waals surface area contributed by atoms with Crippen molar-refractivity contribution in [3.05, 3.63) is 48.5 Å². The van der Waals surface area contributed by atoms with Crippen LogP contribution in [-0.2, 0) is 23.0 Å². The van der Waals surface area contributed by atoms with Crippen LogP contribution in [0.15, 0.2) is 42.9 Å². The molecular formula is C21H24N4O2. The molecule has 0 aliphatic carbocycles. The van der Waals surface area contributed by atoms with Crippen LogP contribution in [-0.4, -0.2) is 58.8 Å². The molecule has 1 aliphatic rings. The SMILES string of the molecule is COCCN1CC(C(=O)Cc2cc3cc(-c4cnn(C)c4)ccc3cn2)C1. The van der Waals surface area contributed by atoms with E-state index in [1.54, 1.807) is 11.8 Å². The molecule has 1 aliphatic heterocycles. The van der Waals surface area contributed by atoms with Gasteiger partial charge in [0.1, 0.15) is 5.78 Å². The topological polar surface area (TPSA) is 60.2 Å². The number of ether oxygens (including phenoxy) is 1. The summed E-state index contributed by atoms with van der Waals surface area (Å²) in [5, 5.41) is 6.42. The Kier molecular flexibility index (Phi) is 5.01. The Labute approximate surface area is 158 Å². The molecule has 0 spiro atoms. The molecule has 0 amide bonds. The van der Waals surface area contributed by atoms with E-state index in [-0.39, 0.29) is 11.7 Å². The zero-order chi connectivity index (χ0) is 18.8. The first kappa shape index (κ1) is 17.8. The first-order valence-corrected chi connectivity index (χ1v) is 9.24. The van der Waals surface area contributed by atoms with Crippen LogP contribution >= 0.6 is 0 Å². The van der Waals surface area contributed by atoms with Gasteiger partial charge in [-0.1, -0.05) is 12.1 Å². The summed E-state index contributed by atoms with van der Waals surface area (Å²) in [6.07, 6.45) is 6.12. The third kappa shape index (κ3) is 3.91. The molecule has 1 aromatic carbocycles. The van der Waals surface area contributed by atoms with E-state index in [1.807, 2.05) is 31.7 Å². The molecule has 0 atom stereocenters. The number of carbonyl (C=O) groups is 1. The summed E-state index contributed by atoms with van der Waals surface area (Å²) in [5.41, 5.74) is 3.04. The molecule has 1 fully saturated rings. The van der Waals surface area contributed by atoms with Gasteiger partial charge in [0.15, 0.2) is 0 Å². The standard InChI is InChI=1S/C21H24N4O2/c1-24-12-18(11-23-24)15-3-4-16-10-22-20(8-17(16)7-15)9-21(26)19-13-25(14-19)5-6-27-2/h3-4,7-8,10-12,19H,5-6,9,13-14H2,1-2H3. The third-order valence-corrected chi connectivity index (χ3v) is 5.20. The Morgan fingerprint density at radius 1 is 1.19 bits per heavy atom.